The first-order valence-corrected chi connectivity index (χ1v) is 0. The monoisotopic (exact) mass is 194 g/mol. The van der Waals surface area contributed by atoms with E-state index in [0.717, 1.165) is 0 Å². The van der Waals surface area contributed by atoms with Crippen LogP contribution in [0, 0.1) is 0 Å². The van der Waals surface area contributed by atoms with Crippen LogP contribution in [0.3, 0.4) is 0 Å². The Kier molecular flexibility index (Phi) is 110. The predicted molar refractivity (Wildman–Crippen MR) is 8.54 cm³/mol. The van der Waals surface area contributed by atoms with E-state index in [-0.39, 0.29) is 98.2 Å². The van der Waals surface area contributed by atoms with Crippen LogP contribution in [0.25, 0.3) is 0 Å². The maximum atomic E-state index is 0. The summed E-state index contributed by atoms with van der Waals surface area (Å²) < 4.78 is 0. The zero-order valence-corrected chi connectivity index (χ0v) is 5.58. The van der Waals surface area contributed by atoms with Crippen molar-refractivity contribution in [3.05, 3.63) is 0 Å². The minimum Gasteiger partial charge on any atom is 0 e. The summed E-state index contributed by atoms with van der Waals surface area (Å²) in [7, 11) is 0. The van der Waals surface area contributed by atoms with Crippen molar-refractivity contribution in [2.24, 2.45) is 0 Å². The molecule has 20 valence electrons. The normalized spacial score (nSPS) is 0. The second-order valence-corrected chi connectivity index (χ2v) is 0. The van der Waals surface area contributed by atoms with E-state index in [2.05, 4.69) is 0 Å². The second-order valence-electron chi connectivity index (χ2n) is 0. The van der Waals surface area contributed by atoms with E-state index in [1.807, 2.05) is 0 Å². The van der Waals surface area contributed by atoms with Gasteiger partial charge in [-0.2, -0.15) is 0 Å². The molecule has 4 heteroatoms. The van der Waals surface area contributed by atoms with Crippen molar-refractivity contribution >= 4 is 37.7 Å². The van der Waals surface area contributed by atoms with Crippen molar-refractivity contribution in [1.29, 1.82) is 0 Å². The van der Waals surface area contributed by atoms with E-state index in [1.165, 1.54) is 0 Å². The third-order valence-electron chi connectivity index (χ3n) is 0. The summed E-state index contributed by atoms with van der Waals surface area (Å²) in [6.07, 6.45) is 0. The van der Waals surface area contributed by atoms with Gasteiger partial charge in [-0.15, -0.1) is 0 Å². The zero-order valence-electron chi connectivity index (χ0n) is 1.35. The summed E-state index contributed by atoms with van der Waals surface area (Å²) in [6.45, 7) is 0. The van der Waals surface area contributed by atoms with Crippen LogP contribution in [-0.4, -0.2) is 37.7 Å². The second kappa shape index (κ2) is 16.4. The maximum Gasteiger partial charge on any atom is 0 e. The molecule has 0 aromatic carbocycles. The number of hydrogen-bond acceptors (Lipinski definition) is 0. The standard InChI is InChI=1S/Ca.Fe.2Ti.2H. The number of rotatable bonds is 0. The van der Waals surface area contributed by atoms with Gasteiger partial charge in [0.15, 0.2) is 0 Å². The van der Waals surface area contributed by atoms with E-state index in [4.69, 9.17) is 0 Å². The third-order valence-corrected chi connectivity index (χ3v) is 0. The van der Waals surface area contributed by atoms with Gasteiger partial charge in [0.25, 0.3) is 0 Å². The average molecular weight is 194 g/mol. The van der Waals surface area contributed by atoms with Gasteiger partial charge in [-0.05, 0) is 0 Å². The van der Waals surface area contributed by atoms with Gasteiger partial charge in [-0.1, -0.05) is 0 Å². The van der Waals surface area contributed by atoms with Gasteiger partial charge in [0.05, 0.1) is 0 Å². The van der Waals surface area contributed by atoms with Crippen LogP contribution in [-0.2, 0) is 60.5 Å². The Bertz CT molecular complexity index is 6.00. The Morgan fingerprint density at radius 1 is 0.750 bits per heavy atom. The van der Waals surface area contributed by atoms with Crippen LogP contribution in [0.1, 0.15) is 0 Å². The molecule has 0 radical (unpaired) electrons. The topological polar surface area (TPSA) is 0 Å². The van der Waals surface area contributed by atoms with Gasteiger partial charge >= 0.3 is 37.7 Å². The molecule has 0 amide bonds. The van der Waals surface area contributed by atoms with Crippen molar-refractivity contribution in [3.63, 3.8) is 0 Å². The summed E-state index contributed by atoms with van der Waals surface area (Å²) in [6, 6.07) is 0. The van der Waals surface area contributed by atoms with Crippen molar-refractivity contribution in [2.75, 3.05) is 0 Å². The van der Waals surface area contributed by atoms with Crippen LogP contribution in [0.2, 0.25) is 0 Å². The molecule has 0 saturated heterocycles. The van der Waals surface area contributed by atoms with Gasteiger partial charge in [-0.3, -0.25) is 0 Å². The summed E-state index contributed by atoms with van der Waals surface area (Å²) in [5, 5.41) is 0. The summed E-state index contributed by atoms with van der Waals surface area (Å²) in [5.41, 5.74) is 0. The van der Waals surface area contributed by atoms with E-state index < -0.39 is 0 Å². The molecular formula is H2CaFeTi2. The van der Waals surface area contributed by atoms with Gasteiger partial charge in [0.1, 0.15) is 0 Å². The molecule has 0 atom stereocenters. The first kappa shape index (κ1) is 27.0. The predicted octanol–water partition coefficient (Wildman–Crippen LogP) is -0.924. The van der Waals surface area contributed by atoms with Crippen LogP contribution in [0.5, 0.6) is 0 Å². The summed E-state index contributed by atoms with van der Waals surface area (Å²) in [4.78, 5) is 0. The van der Waals surface area contributed by atoms with Crippen molar-refractivity contribution in [3.8, 4) is 0 Å². The molecule has 0 aliphatic heterocycles. The van der Waals surface area contributed by atoms with Crippen molar-refractivity contribution < 1.29 is 60.5 Å². The molecule has 0 aromatic rings. The molecule has 0 rings (SSSR count). The molecule has 0 heterocycles. The van der Waals surface area contributed by atoms with Crippen LogP contribution in [0.15, 0.2) is 0 Å². The Morgan fingerprint density at radius 2 is 0.750 bits per heavy atom. The first-order chi connectivity index (χ1) is 0. The molecule has 0 aromatic heterocycles. The Labute approximate surface area is 96.1 Å². The zero-order chi connectivity index (χ0) is 0. The fourth-order valence-corrected chi connectivity index (χ4v) is 0. The molecule has 0 aliphatic rings. The van der Waals surface area contributed by atoms with Crippen LogP contribution >= 0.6 is 0 Å². The summed E-state index contributed by atoms with van der Waals surface area (Å²) in [5.74, 6) is 0. The van der Waals surface area contributed by atoms with Crippen LogP contribution < -0.4 is 0 Å². The van der Waals surface area contributed by atoms with E-state index in [9.17, 15) is 0 Å². The third kappa shape index (κ3) is 8.96. The van der Waals surface area contributed by atoms with E-state index in [0.29, 0.717) is 0 Å². The molecule has 0 nitrogen and oxygen atoms in total. The van der Waals surface area contributed by atoms with Crippen LogP contribution in [0.4, 0.5) is 0 Å². The Morgan fingerprint density at radius 3 is 0.750 bits per heavy atom. The molecular weight excluding hydrogens is 192 g/mol. The smallest absolute Gasteiger partial charge is 0 e. The first-order valence-electron chi connectivity index (χ1n) is 0. The molecule has 0 fully saturated rings. The molecule has 0 unspecified atom stereocenters. The maximum absolute atomic E-state index is 0. The molecule has 0 N–H and O–H groups in total. The van der Waals surface area contributed by atoms with E-state index >= 15 is 0 Å². The van der Waals surface area contributed by atoms with Gasteiger partial charge in [-0.25, -0.2) is 0 Å². The summed E-state index contributed by atoms with van der Waals surface area (Å²) >= 11 is 0. The molecule has 0 bridgehead atoms. The van der Waals surface area contributed by atoms with Gasteiger partial charge < -0.3 is 0 Å². The SMILES string of the molecule is [CaH2].[Fe].[Ti].[Ti]. The van der Waals surface area contributed by atoms with Gasteiger partial charge in [0.2, 0.25) is 0 Å². The molecule has 0 saturated carbocycles. The molecule has 4 heavy (non-hydrogen) atoms. The van der Waals surface area contributed by atoms with Gasteiger partial charge in [0, 0.05) is 60.5 Å². The van der Waals surface area contributed by atoms with Crippen molar-refractivity contribution in [1.82, 2.24) is 0 Å². The van der Waals surface area contributed by atoms with Crippen molar-refractivity contribution in [2.45, 2.75) is 0 Å². The Hall–Kier alpha value is 3.21. The fourth-order valence-electron chi connectivity index (χ4n) is 0. The fraction of sp³-hybridized carbons (Fsp3) is 0. The minimum absolute atomic E-state index is 0. The largest absolute Gasteiger partial charge is 0 e. The number of hydrogen-bond donors (Lipinski definition) is 0. The minimum atomic E-state index is 0. The van der Waals surface area contributed by atoms with E-state index in [1.54, 1.807) is 0 Å². The Balaban J connectivity index is 0. The molecule has 0 spiro atoms. The average Bonchev–Trinajstić information content (AvgIpc) is 0. The molecule has 0 aliphatic carbocycles. The quantitative estimate of drug-likeness (QED) is 0.437.